The van der Waals surface area contributed by atoms with Gasteiger partial charge in [-0.25, -0.2) is 0 Å². The number of halogens is 1. The standard InChI is InChI=1S/C21H19ClN2O5/c1-2-3-12-23-18(13-4-8-15(22)9-5-13)17(20(26)21(23)27)19(25)14-6-10-16(11-7-14)24(28)29/h4-11,18,25H,2-3,12H2,1H3/t18-/m0/s1. The van der Waals surface area contributed by atoms with Gasteiger partial charge in [-0.2, -0.15) is 0 Å². The Morgan fingerprint density at radius 2 is 1.76 bits per heavy atom. The molecule has 29 heavy (non-hydrogen) atoms. The van der Waals surface area contributed by atoms with E-state index in [0.717, 1.165) is 6.42 Å². The number of nitro groups is 1. The summed E-state index contributed by atoms with van der Waals surface area (Å²) in [5.74, 6) is -1.82. The second-order valence-corrected chi connectivity index (χ2v) is 7.14. The highest BCUT2D eigenvalue weighted by atomic mass is 35.5. The number of aliphatic hydroxyl groups excluding tert-OH is 1. The number of benzene rings is 2. The molecule has 1 heterocycles. The molecule has 0 aliphatic carbocycles. The summed E-state index contributed by atoms with van der Waals surface area (Å²) in [7, 11) is 0. The molecule has 0 aromatic heterocycles. The lowest BCUT2D eigenvalue weighted by atomic mass is 9.95. The van der Waals surface area contributed by atoms with Crippen LogP contribution in [0.4, 0.5) is 5.69 Å². The van der Waals surface area contributed by atoms with E-state index in [1.165, 1.54) is 29.2 Å². The maximum atomic E-state index is 12.8. The molecule has 0 spiro atoms. The van der Waals surface area contributed by atoms with Crippen molar-refractivity contribution in [3.05, 3.63) is 80.4 Å². The molecule has 2 aromatic carbocycles. The molecule has 0 radical (unpaired) electrons. The van der Waals surface area contributed by atoms with E-state index in [0.29, 0.717) is 23.6 Å². The highest BCUT2D eigenvalue weighted by Gasteiger charge is 2.45. The number of hydrogen-bond acceptors (Lipinski definition) is 5. The molecule has 3 rings (SSSR count). The molecular formula is C21H19ClN2O5. The molecular weight excluding hydrogens is 396 g/mol. The zero-order valence-corrected chi connectivity index (χ0v) is 16.4. The largest absolute Gasteiger partial charge is 0.507 e. The van der Waals surface area contributed by atoms with Crippen molar-refractivity contribution in [2.45, 2.75) is 25.8 Å². The van der Waals surface area contributed by atoms with Crippen LogP contribution in [0.5, 0.6) is 0 Å². The SMILES string of the molecule is CCCCN1C(=O)C(=O)C(=C(O)c2ccc([N+](=O)[O-])cc2)[C@@H]1c1ccc(Cl)cc1. The number of ketones is 1. The minimum absolute atomic E-state index is 0.0396. The Bertz CT molecular complexity index is 983. The maximum Gasteiger partial charge on any atom is 0.295 e. The lowest BCUT2D eigenvalue weighted by Crippen LogP contribution is -2.30. The normalized spacial score (nSPS) is 18.3. The first-order valence-electron chi connectivity index (χ1n) is 9.13. The molecule has 0 bridgehead atoms. The van der Waals surface area contributed by atoms with Crippen LogP contribution in [0.3, 0.4) is 0 Å². The predicted octanol–water partition coefficient (Wildman–Crippen LogP) is 4.47. The first-order chi connectivity index (χ1) is 13.8. The van der Waals surface area contributed by atoms with Crippen LogP contribution in [0, 0.1) is 10.1 Å². The number of unbranched alkanes of at least 4 members (excludes halogenated alkanes) is 1. The topological polar surface area (TPSA) is 101 Å². The molecule has 1 aliphatic heterocycles. The summed E-state index contributed by atoms with van der Waals surface area (Å²) in [5, 5.41) is 22.2. The Morgan fingerprint density at radius 3 is 2.31 bits per heavy atom. The molecule has 2 aromatic rings. The third-order valence-electron chi connectivity index (χ3n) is 4.83. The van der Waals surface area contributed by atoms with Crippen molar-refractivity contribution in [3.8, 4) is 0 Å². The first kappa shape index (κ1) is 20.5. The predicted molar refractivity (Wildman–Crippen MR) is 108 cm³/mol. The van der Waals surface area contributed by atoms with E-state index in [-0.39, 0.29) is 22.6 Å². The number of carbonyl (C=O) groups is 2. The number of nitrogens with zero attached hydrogens (tertiary/aromatic N) is 2. The smallest absolute Gasteiger partial charge is 0.295 e. The maximum absolute atomic E-state index is 12.8. The number of aliphatic hydroxyl groups is 1. The Morgan fingerprint density at radius 1 is 1.14 bits per heavy atom. The van der Waals surface area contributed by atoms with Gasteiger partial charge in [0.25, 0.3) is 17.4 Å². The number of carbonyl (C=O) groups excluding carboxylic acids is 2. The number of likely N-dealkylation sites (tertiary alicyclic amines) is 1. The van der Waals surface area contributed by atoms with Gasteiger partial charge in [-0.1, -0.05) is 37.1 Å². The molecule has 7 nitrogen and oxygen atoms in total. The average molecular weight is 415 g/mol. The summed E-state index contributed by atoms with van der Waals surface area (Å²) < 4.78 is 0. The zero-order valence-electron chi connectivity index (χ0n) is 15.7. The molecule has 1 amide bonds. The Kier molecular flexibility index (Phi) is 5.98. The van der Waals surface area contributed by atoms with Gasteiger partial charge in [0.1, 0.15) is 5.76 Å². The lowest BCUT2D eigenvalue weighted by molar-refractivity contribution is -0.384. The molecule has 0 saturated carbocycles. The summed E-state index contributed by atoms with van der Waals surface area (Å²) in [4.78, 5) is 37.2. The van der Waals surface area contributed by atoms with E-state index >= 15 is 0 Å². The van der Waals surface area contributed by atoms with Crippen LogP contribution in [-0.4, -0.2) is 33.2 Å². The fraction of sp³-hybridized carbons (Fsp3) is 0.238. The summed E-state index contributed by atoms with van der Waals surface area (Å²) in [5.41, 5.74) is 0.692. The molecule has 1 N–H and O–H groups in total. The minimum Gasteiger partial charge on any atom is -0.507 e. The van der Waals surface area contributed by atoms with Gasteiger partial charge in [0.05, 0.1) is 16.5 Å². The van der Waals surface area contributed by atoms with Crippen LogP contribution >= 0.6 is 11.6 Å². The highest BCUT2D eigenvalue weighted by molar-refractivity contribution is 6.46. The van der Waals surface area contributed by atoms with Crippen molar-refractivity contribution in [1.82, 2.24) is 4.90 Å². The molecule has 0 unspecified atom stereocenters. The summed E-state index contributed by atoms with van der Waals surface area (Å²) >= 11 is 5.97. The number of rotatable bonds is 6. The number of non-ortho nitro benzene ring substituents is 1. The van der Waals surface area contributed by atoms with Crippen LogP contribution in [0.25, 0.3) is 5.76 Å². The Balaban J connectivity index is 2.12. The minimum atomic E-state index is -0.781. The van der Waals surface area contributed by atoms with Crippen molar-refractivity contribution in [1.29, 1.82) is 0 Å². The first-order valence-corrected chi connectivity index (χ1v) is 9.51. The fourth-order valence-corrected chi connectivity index (χ4v) is 3.45. The molecule has 1 aliphatic rings. The second-order valence-electron chi connectivity index (χ2n) is 6.70. The number of hydrogen-bond donors (Lipinski definition) is 1. The van der Waals surface area contributed by atoms with Crippen molar-refractivity contribution < 1.29 is 19.6 Å². The van der Waals surface area contributed by atoms with E-state index in [1.807, 2.05) is 6.92 Å². The van der Waals surface area contributed by atoms with Crippen LogP contribution in [-0.2, 0) is 9.59 Å². The summed E-state index contributed by atoms with van der Waals surface area (Å²) in [6, 6.07) is 11.2. The fourth-order valence-electron chi connectivity index (χ4n) is 3.33. The van der Waals surface area contributed by atoms with Gasteiger partial charge in [-0.3, -0.25) is 19.7 Å². The molecule has 1 atom stereocenters. The second kappa shape index (κ2) is 8.45. The third-order valence-corrected chi connectivity index (χ3v) is 5.08. The van der Waals surface area contributed by atoms with Gasteiger partial charge in [0, 0.05) is 29.3 Å². The van der Waals surface area contributed by atoms with Gasteiger partial charge in [0.15, 0.2) is 0 Å². The number of nitro benzene ring substituents is 1. The summed E-state index contributed by atoms with van der Waals surface area (Å²) in [6.07, 6.45) is 1.54. The Labute approximate surface area is 172 Å². The third kappa shape index (κ3) is 4.00. The van der Waals surface area contributed by atoms with E-state index in [9.17, 15) is 24.8 Å². The molecule has 1 fully saturated rings. The highest BCUT2D eigenvalue weighted by Crippen LogP contribution is 2.39. The van der Waals surface area contributed by atoms with Crippen molar-refractivity contribution in [2.24, 2.45) is 0 Å². The van der Waals surface area contributed by atoms with Gasteiger partial charge in [-0.15, -0.1) is 0 Å². The number of Topliss-reactive ketones (excluding diaryl/α,β-unsaturated/α-hetero) is 1. The van der Waals surface area contributed by atoms with Crippen molar-refractivity contribution >= 4 is 34.7 Å². The molecule has 150 valence electrons. The van der Waals surface area contributed by atoms with E-state index in [4.69, 9.17) is 11.6 Å². The zero-order chi connectivity index (χ0) is 21.1. The lowest BCUT2D eigenvalue weighted by Gasteiger charge is -2.25. The van der Waals surface area contributed by atoms with Gasteiger partial charge in [0.2, 0.25) is 0 Å². The average Bonchev–Trinajstić information content (AvgIpc) is 2.97. The van der Waals surface area contributed by atoms with Gasteiger partial charge in [-0.05, 0) is 36.2 Å². The van der Waals surface area contributed by atoms with E-state index in [2.05, 4.69) is 0 Å². The van der Waals surface area contributed by atoms with Crippen LogP contribution in [0.15, 0.2) is 54.1 Å². The van der Waals surface area contributed by atoms with Gasteiger partial charge >= 0.3 is 0 Å². The Hall–Kier alpha value is -3.19. The number of amides is 1. The van der Waals surface area contributed by atoms with E-state index in [1.54, 1.807) is 24.3 Å². The van der Waals surface area contributed by atoms with Crippen molar-refractivity contribution in [2.75, 3.05) is 6.54 Å². The monoisotopic (exact) mass is 414 g/mol. The van der Waals surface area contributed by atoms with Crippen LogP contribution < -0.4 is 0 Å². The van der Waals surface area contributed by atoms with Crippen LogP contribution in [0.1, 0.15) is 36.9 Å². The van der Waals surface area contributed by atoms with Gasteiger partial charge < -0.3 is 10.0 Å². The van der Waals surface area contributed by atoms with E-state index < -0.39 is 22.7 Å². The van der Waals surface area contributed by atoms with Crippen LogP contribution in [0.2, 0.25) is 5.02 Å². The van der Waals surface area contributed by atoms with Crippen molar-refractivity contribution in [3.63, 3.8) is 0 Å². The summed E-state index contributed by atoms with van der Waals surface area (Å²) in [6.45, 7) is 2.34. The molecule has 1 saturated heterocycles. The quantitative estimate of drug-likeness (QED) is 0.247. The molecule has 8 heteroatoms.